The first-order valence-corrected chi connectivity index (χ1v) is 12.4. The van der Waals surface area contributed by atoms with Crippen molar-refractivity contribution in [1.82, 2.24) is 0 Å². The third-order valence-corrected chi connectivity index (χ3v) is 6.27. The van der Waals surface area contributed by atoms with Gasteiger partial charge in [-0.05, 0) is 24.6 Å². The Morgan fingerprint density at radius 1 is 1.04 bits per heavy atom. The van der Waals surface area contributed by atoms with E-state index >= 15 is 0 Å². The van der Waals surface area contributed by atoms with E-state index in [2.05, 4.69) is 25.3 Å². The number of aliphatic hydroxyl groups excluding tert-OH is 1. The van der Waals surface area contributed by atoms with Crippen molar-refractivity contribution in [2.75, 3.05) is 0 Å². The Labute approximate surface area is 142 Å². The lowest BCUT2D eigenvalue weighted by Gasteiger charge is -2.19. The molecule has 0 saturated heterocycles. The van der Waals surface area contributed by atoms with Gasteiger partial charge in [-0.3, -0.25) is 0 Å². The van der Waals surface area contributed by atoms with Crippen molar-refractivity contribution in [3.05, 3.63) is 76.3 Å². The first kappa shape index (κ1) is 17.9. The van der Waals surface area contributed by atoms with Gasteiger partial charge >= 0.3 is 0 Å². The highest BCUT2D eigenvalue weighted by molar-refractivity contribution is 7.89. The molecule has 1 N–H and O–H groups in total. The quantitative estimate of drug-likeness (QED) is 0.805. The molecule has 0 aliphatic heterocycles. The summed E-state index contributed by atoms with van der Waals surface area (Å²) in [5.74, 6) is 0. The highest BCUT2D eigenvalue weighted by Gasteiger charge is 2.24. The van der Waals surface area contributed by atoms with Gasteiger partial charge in [0.25, 0.3) is 0 Å². The number of rotatable bonds is 5. The molecular weight excluding hydrogens is 320 g/mol. The van der Waals surface area contributed by atoms with E-state index in [1.807, 2.05) is 61.5 Å². The lowest BCUT2D eigenvalue weighted by molar-refractivity contribution is 0.224. The topological polar surface area (TPSA) is 37.3 Å². The van der Waals surface area contributed by atoms with Crippen LogP contribution in [0.5, 0.6) is 0 Å². The van der Waals surface area contributed by atoms with Crippen LogP contribution in [-0.4, -0.2) is 17.4 Å². The summed E-state index contributed by atoms with van der Waals surface area (Å²) in [4.78, 5) is 1.33. The van der Waals surface area contributed by atoms with Gasteiger partial charge < -0.3 is 5.11 Å². The predicted molar refractivity (Wildman–Crippen MR) is 100 cm³/mol. The summed E-state index contributed by atoms with van der Waals surface area (Å²) in [7, 11) is -3.00. The van der Waals surface area contributed by atoms with E-state index in [-0.39, 0.29) is 0 Å². The predicted octanol–water partition coefficient (Wildman–Crippen LogP) is 4.60. The third kappa shape index (κ3) is 4.99. The maximum absolute atomic E-state index is 13.1. The Bertz CT molecular complexity index is 700. The zero-order valence-electron chi connectivity index (χ0n) is 14.1. The monoisotopic (exact) mass is 344 g/mol. The molecule has 0 saturated carbocycles. The van der Waals surface area contributed by atoms with Gasteiger partial charge in [0, 0.05) is 9.80 Å². The summed E-state index contributed by atoms with van der Waals surface area (Å²) >= 11 is 0. The van der Waals surface area contributed by atoms with Crippen molar-refractivity contribution in [3.8, 4) is 0 Å². The molecular formula is C19H24O2SSi. The molecule has 0 aliphatic carbocycles. The molecule has 0 bridgehead atoms. The number of aryl methyl sites for hydroxylation is 1. The summed E-state index contributed by atoms with van der Waals surface area (Å²) in [6.07, 6.45) is -0.843. The van der Waals surface area contributed by atoms with E-state index < -0.39 is 25.0 Å². The minimum Gasteiger partial charge on any atom is -0.383 e. The van der Waals surface area contributed by atoms with E-state index in [1.165, 1.54) is 0 Å². The van der Waals surface area contributed by atoms with Crippen LogP contribution in [0.2, 0.25) is 19.6 Å². The highest BCUT2D eigenvalue weighted by Crippen LogP contribution is 2.29. The van der Waals surface area contributed by atoms with Gasteiger partial charge in [0.05, 0.1) is 18.9 Å². The Morgan fingerprint density at radius 2 is 1.61 bits per heavy atom. The van der Waals surface area contributed by atoms with Gasteiger partial charge in [-0.25, -0.2) is 4.21 Å². The minimum atomic E-state index is -1.64. The zero-order chi connectivity index (χ0) is 17.0. The molecule has 122 valence electrons. The summed E-state index contributed by atoms with van der Waals surface area (Å²) in [5.41, 5.74) is 3.96. The van der Waals surface area contributed by atoms with Gasteiger partial charge in [-0.15, -0.1) is 0 Å². The zero-order valence-corrected chi connectivity index (χ0v) is 15.9. The molecule has 0 spiro atoms. The summed E-state index contributed by atoms with van der Waals surface area (Å²) < 4.78 is 13.1. The molecule has 0 unspecified atom stereocenters. The van der Waals surface area contributed by atoms with Crippen LogP contribution in [0.3, 0.4) is 0 Å². The van der Waals surface area contributed by atoms with Crippen LogP contribution in [-0.2, 0) is 10.8 Å². The second kappa shape index (κ2) is 7.38. The number of hydrogen-bond donors (Lipinski definition) is 1. The average Bonchev–Trinajstić information content (AvgIpc) is 2.52. The first-order valence-electron chi connectivity index (χ1n) is 7.72. The van der Waals surface area contributed by atoms with Crippen molar-refractivity contribution < 1.29 is 9.32 Å². The Hall–Kier alpha value is -1.49. The summed E-state index contributed by atoms with van der Waals surface area (Å²) in [5, 5.41) is 10.8. The van der Waals surface area contributed by atoms with Crippen LogP contribution in [0.1, 0.15) is 17.2 Å². The fourth-order valence-electron chi connectivity index (χ4n) is 2.26. The largest absolute Gasteiger partial charge is 0.383 e. The molecule has 0 radical (unpaired) electrons. The Kier molecular flexibility index (Phi) is 5.73. The van der Waals surface area contributed by atoms with E-state index in [0.29, 0.717) is 4.91 Å². The molecule has 2 aromatic carbocycles. The molecule has 0 fully saturated rings. The number of benzene rings is 2. The molecule has 2 rings (SSSR count). The molecule has 0 aromatic heterocycles. The van der Waals surface area contributed by atoms with E-state index in [4.69, 9.17) is 0 Å². The lowest BCUT2D eigenvalue weighted by atomic mass is 10.1. The van der Waals surface area contributed by atoms with Crippen LogP contribution in [0.25, 0.3) is 0 Å². The van der Waals surface area contributed by atoms with Crippen molar-refractivity contribution >= 4 is 18.9 Å². The highest BCUT2D eigenvalue weighted by atomic mass is 32.2. The molecule has 0 amide bonds. The van der Waals surface area contributed by atoms with Crippen molar-refractivity contribution in [2.45, 2.75) is 37.6 Å². The van der Waals surface area contributed by atoms with Crippen LogP contribution < -0.4 is 0 Å². The minimum absolute atomic E-state index is 0.596. The van der Waals surface area contributed by atoms with Crippen LogP contribution in [0.15, 0.2) is 70.1 Å². The summed E-state index contributed by atoms with van der Waals surface area (Å²) in [6, 6.07) is 17.1. The Morgan fingerprint density at radius 3 is 2.13 bits per heavy atom. The van der Waals surface area contributed by atoms with Gasteiger partial charge in [-0.2, -0.15) is 0 Å². The standard InChI is InChI=1S/C19H24O2SSi/c1-15-10-12-17(13-11-15)22(21)18(14-23(2,3)4)19(20)16-8-6-5-7-9-16/h5-14,19-20H,1-4H3/b18-14+/t19-,22-/m0/s1. The molecule has 2 atom stereocenters. The van der Waals surface area contributed by atoms with Gasteiger partial charge in [-0.1, -0.05) is 73.4 Å². The van der Waals surface area contributed by atoms with E-state index in [1.54, 1.807) is 0 Å². The van der Waals surface area contributed by atoms with Crippen molar-refractivity contribution in [1.29, 1.82) is 0 Å². The second-order valence-corrected chi connectivity index (χ2v) is 13.3. The van der Waals surface area contributed by atoms with Crippen LogP contribution in [0, 0.1) is 6.92 Å². The molecule has 2 nitrogen and oxygen atoms in total. The van der Waals surface area contributed by atoms with Gasteiger partial charge in [0.1, 0.15) is 6.10 Å². The lowest BCUT2D eigenvalue weighted by Crippen LogP contribution is -2.20. The normalized spacial score (nSPS) is 15.3. The first-order chi connectivity index (χ1) is 10.8. The maximum atomic E-state index is 13.1. The van der Waals surface area contributed by atoms with Crippen LogP contribution >= 0.6 is 0 Å². The summed E-state index contributed by atoms with van der Waals surface area (Å²) in [6.45, 7) is 8.54. The third-order valence-electron chi connectivity index (χ3n) is 3.41. The Balaban J connectivity index is 2.44. The fraction of sp³-hybridized carbons (Fsp3) is 0.263. The average molecular weight is 345 g/mol. The number of aliphatic hydroxyl groups is 1. The maximum Gasteiger partial charge on any atom is 0.112 e. The molecule has 23 heavy (non-hydrogen) atoms. The van der Waals surface area contributed by atoms with Gasteiger partial charge in [0.2, 0.25) is 0 Å². The van der Waals surface area contributed by atoms with E-state index in [0.717, 1.165) is 16.0 Å². The second-order valence-electron chi connectivity index (χ2n) is 6.81. The fourth-order valence-corrected chi connectivity index (χ4v) is 5.75. The molecule has 2 aromatic rings. The molecule has 0 aliphatic rings. The molecule has 4 heteroatoms. The SMILES string of the molecule is Cc1ccc([S@](=O)/C(=C/[Si](C)(C)C)[C@@H](O)c2ccccc2)cc1. The van der Waals surface area contributed by atoms with E-state index in [9.17, 15) is 9.32 Å². The number of hydrogen-bond acceptors (Lipinski definition) is 2. The van der Waals surface area contributed by atoms with Crippen LogP contribution in [0.4, 0.5) is 0 Å². The smallest absolute Gasteiger partial charge is 0.112 e. The van der Waals surface area contributed by atoms with Crippen molar-refractivity contribution in [3.63, 3.8) is 0 Å². The van der Waals surface area contributed by atoms with Crippen molar-refractivity contribution in [2.24, 2.45) is 0 Å². The molecule has 0 heterocycles. The van der Waals surface area contributed by atoms with Gasteiger partial charge in [0.15, 0.2) is 0 Å².